The van der Waals surface area contributed by atoms with Gasteiger partial charge in [0.1, 0.15) is 5.78 Å². The highest BCUT2D eigenvalue weighted by molar-refractivity contribution is 7.89. The highest BCUT2D eigenvalue weighted by Gasteiger charge is 2.42. The van der Waals surface area contributed by atoms with E-state index in [2.05, 4.69) is 4.98 Å². The summed E-state index contributed by atoms with van der Waals surface area (Å²) in [5.74, 6) is 0.106. The van der Waals surface area contributed by atoms with E-state index in [0.29, 0.717) is 13.0 Å². The fraction of sp³-hybridized carbons (Fsp3) is 0.600. The molecule has 1 saturated carbocycles. The third-order valence-corrected chi connectivity index (χ3v) is 6.37. The van der Waals surface area contributed by atoms with E-state index in [1.165, 1.54) is 16.6 Å². The van der Waals surface area contributed by atoms with Crippen LogP contribution in [0.5, 0.6) is 0 Å². The number of carbonyl (C=O) groups excluding carboxylic acids is 1. The van der Waals surface area contributed by atoms with E-state index in [9.17, 15) is 13.2 Å². The monoisotopic (exact) mass is 308 g/mol. The van der Waals surface area contributed by atoms with Gasteiger partial charge in [-0.3, -0.25) is 4.79 Å². The molecule has 0 N–H and O–H groups in total. The normalized spacial score (nSPS) is 27.9. The number of Topliss-reactive ketones (excluding diaryl/α,β-unsaturated/α-hetero) is 1. The number of sulfonamides is 1. The zero-order valence-corrected chi connectivity index (χ0v) is 12.8. The zero-order chi connectivity index (χ0) is 14.9. The summed E-state index contributed by atoms with van der Waals surface area (Å²) in [6, 6.07) is 4.72. The van der Waals surface area contributed by atoms with Crippen molar-refractivity contribution >= 4 is 15.8 Å². The van der Waals surface area contributed by atoms with Crippen LogP contribution in [0.15, 0.2) is 29.4 Å². The van der Waals surface area contributed by atoms with Crippen LogP contribution in [0.1, 0.15) is 38.5 Å². The number of nitrogens with zero attached hydrogens (tertiary/aromatic N) is 2. The molecule has 0 amide bonds. The molecule has 1 aromatic rings. The van der Waals surface area contributed by atoms with Gasteiger partial charge in [-0.05, 0) is 37.8 Å². The van der Waals surface area contributed by atoms with Crippen molar-refractivity contribution in [3.05, 3.63) is 24.4 Å². The molecular formula is C15H20N2O3S. The Balaban J connectivity index is 1.88. The van der Waals surface area contributed by atoms with Gasteiger partial charge in [-0.25, -0.2) is 13.4 Å². The van der Waals surface area contributed by atoms with Gasteiger partial charge < -0.3 is 0 Å². The Hall–Kier alpha value is -1.27. The summed E-state index contributed by atoms with van der Waals surface area (Å²) in [5, 5.41) is 0.0835. The van der Waals surface area contributed by atoms with Crippen LogP contribution in [0, 0.1) is 5.92 Å². The average molecular weight is 308 g/mol. The summed E-state index contributed by atoms with van der Waals surface area (Å²) in [6.07, 6.45) is 6.46. The number of pyridine rings is 1. The van der Waals surface area contributed by atoms with Gasteiger partial charge in [-0.2, -0.15) is 4.31 Å². The van der Waals surface area contributed by atoms with Crippen molar-refractivity contribution in [3.63, 3.8) is 0 Å². The SMILES string of the molecule is O=C1CCCCC1C1CCCN1S(=O)(=O)c1ccccn1. The van der Waals surface area contributed by atoms with Gasteiger partial charge in [0.25, 0.3) is 10.0 Å². The molecule has 6 heteroatoms. The largest absolute Gasteiger partial charge is 0.299 e. The first kappa shape index (κ1) is 14.7. The molecule has 1 aromatic heterocycles. The maximum absolute atomic E-state index is 12.7. The topological polar surface area (TPSA) is 67.3 Å². The van der Waals surface area contributed by atoms with Crippen LogP contribution in [0.3, 0.4) is 0 Å². The minimum absolute atomic E-state index is 0.0835. The Morgan fingerprint density at radius 3 is 2.71 bits per heavy atom. The van der Waals surface area contributed by atoms with Crippen molar-refractivity contribution in [1.29, 1.82) is 0 Å². The lowest BCUT2D eigenvalue weighted by Crippen LogP contribution is -2.43. The van der Waals surface area contributed by atoms with Gasteiger partial charge in [0.15, 0.2) is 5.03 Å². The summed E-state index contributed by atoms with van der Waals surface area (Å²) < 4.78 is 27.0. The highest BCUT2D eigenvalue weighted by Crippen LogP contribution is 2.35. The summed E-state index contributed by atoms with van der Waals surface area (Å²) in [5.41, 5.74) is 0. The molecule has 2 atom stereocenters. The van der Waals surface area contributed by atoms with Gasteiger partial charge in [0.05, 0.1) is 0 Å². The molecule has 2 heterocycles. The number of aromatic nitrogens is 1. The molecule has 0 bridgehead atoms. The van der Waals surface area contributed by atoms with Crippen LogP contribution >= 0.6 is 0 Å². The second-order valence-electron chi connectivity index (χ2n) is 5.81. The van der Waals surface area contributed by atoms with Crippen LogP contribution in [-0.4, -0.2) is 36.1 Å². The first-order valence-electron chi connectivity index (χ1n) is 7.56. The lowest BCUT2D eigenvalue weighted by atomic mass is 9.82. The van der Waals surface area contributed by atoms with Crippen LogP contribution < -0.4 is 0 Å². The van der Waals surface area contributed by atoms with Crippen LogP contribution in [-0.2, 0) is 14.8 Å². The van der Waals surface area contributed by atoms with Crippen LogP contribution in [0.25, 0.3) is 0 Å². The molecule has 0 aromatic carbocycles. The van der Waals surface area contributed by atoms with E-state index in [1.54, 1.807) is 12.1 Å². The lowest BCUT2D eigenvalue weighted by Gasteiger charge is -2.32. The van der Waals surface area contributed by atoms with E-state index in [1.807, 2.05) is 0 Å². The van der Waals surface area contributed by atoms with E-state index in [4.69, 9.17) is 0 Å². The highest BCUT2D eigenvalue weighted by atomic mass is 32.2. The van der Waals surface area contributed by atoms with Crippen LogP contribution in [0.4, 0.5) is 0 Å². The maximum Gasteiger partial charge on any atom is 0.260 e. The Bertz CT molecular complexity index is 615. The first-order valence-corrected chi connectivity index (χ1v) is 9.00. The smallest absolute Gasteiger partial charge is 0.260 e. The van der Waals surface area contributed by atoms with Crippen molar-refractivity contribution in [1.82, 2.24) is 9.29 Å². The van der Waals surface area contributed by atoms with Crippen molar-refractivity contribution in [2.75, 3.05) is 6.54 Å². The number of rotatable bonds is 3. The van der Waals surface area contributed by atoms with Crippen molar-refractivity contribution in [3.8, 4) is 0 Å². The molecule has 114 valence electrons. The van der Waals surface area contributed by atoms with Gasteiger partial charge in [-0.15, -0.1) is 0 Å². The Labute approximate surface area is 125 Å². The third-order valence-electron chi connectivity index (χ3n) is 4.53. The number of hydrogen-bond donors (Lipinski definition) is 0. The molecule has 1 saturated heterocycles. The lowest BCUT2D eigenvalue weighted by molar-refractivity contribution is -0.126. The standard InChI is InChI=1S/C15H20N2O3S/c18-14-8-2-1-6-12(14)13-7-5-11-17(13)21(19,20)15-9-3-4-10-16-15/h3-4,9-10,12-13H,1-2,5-8,11H2. The number of ketones is 1. The van der Waals surface area contributed by atoms with Crippen molar-refractivity contribution in [2.24, 2.45) is 5.92 Å². The molecule has 0 spiro atoms. The molecule has 21 heavy (non-hydrogen) atoms. The molecule has 2 fully saturated rings. The number of hydrogen-bond acceptors (Lipinski definition) is 4. The summed E-state index contributed by atoms with van der Waals surface area (Å²) in [6.45, 7) is 0.493. The number of carbonyl (C=O) groups is 1. The molecule has 2 aliphatic rings. The van der Waals surface area contributed by atoms with Crippen LogP contribution in [0.2, 0.25) is 0 Å². The fourth-order valence-corrected chi connectivity index (χ4v) is 5.17. The minimum Gasteiger partial charge on any atom is -0.299 e. The summed E-state index contributed by atoms with van der Waals surface area (Å²) in [7, 11) is -3.59. The third kappa shape index (κ3) is 2.74. The van der Waals surface area contributed by atoms with E-state index in [-0.39, 0.29) is 22.8 Å². The van der Waals surface area contributed by atoms with Crippen molar-refractivity contribution < 1.29 is 13.2 Å². The Morgan fingerprint density at radius 1 is 1.14 bits per heavy atom. The van der Waals surface area contributed by atoms with E-state index >= 15 is 0 Å². The second-order valence-corrected chi connectivity index (χ2v) is 7.65. The maximum atomic E-state index is 12.7. The Kier molecular flexibility index (Phi) is 4.08. The predicted molar refractivity (Wildman–Crippen MR) is 78.1 cm³/mol. The minimum atomic E-state index is -3.59. The Morgan fingerprint density at radius 2 is 2.00 bits per heavy atom. The van der Waals surface area contributed by atoms with Crippen molar-refractivity contribution in [2.45, 2.75) is 49.6 Å². The van der Waals surface area contributed by atoms with E-state index in [0.717, 1.165) is 32.1 Å². The molecule has 0 radical (unpaired) electrons. The fourth-order valence-electron chi connectivity index (χ4n) is 3.50. The second kappa shape index (κ2) is 5.85. The molecule has 3 rings (SSSR count). The van der Waals surface area contributed by atoms with E-state index < -0.39 is 10.0 Å². The predicted octanol–water partition coefficient (Wildman–Crippen LogP) is 1.99. The molecule has 2 unspecified atom stereocenters. The van der Waals surface area contributed by atoms with Gasteiger partial charge in [0.2, 0.25) is 0 Å². The zero-order valence-electron chi connectivity index (χ0n) is 11.9. The van der Waals surface area contributed by atoms with Gasteiger partial charge in [0, 0.05) is 31.1 Å². The van der Waals surface area contributed by atoms with Gasteiger partial charge >= 0.3 is 0 Å². The first-order chi connectivity index (χ1) is 10.1. The molecule has 1 aliphatic heterocycles. The van der Waals surface area contributed by atoms with Gasteiger partial charge in [-0.1, -0.05) is 12.5 Å². The molecule has 1 aliphatic carbocycles. The quantitative estimate of drug-likeness (QED) is 0.856. The summed E-state index contributed by atoms with van der Waals surface area (Å²) in [4.78, 5) is 16.1. The molecular weight excluding hydrogens is 288 g/mol. The average Bonchev–Trinajstić information content (AvgIpc) is 2.99. The molecule has 5 nitrogen and oxygen atoms in total. The summed E-state index contributed by atoms with van der Waals surface area (Å²) >= 11 is 0.